The van der Waals surface area contributed by atoms with Crippen LogP contribution in [0.4, 0.5) is 0 Å². The molecule has 1 N–H and O–H groups in total. The third-order valence-electron chi connectivity index (χ3n) is 4.24. The second kappa shape index (κ2) is 4.73. The lowest BCUT2D eigenvalue weighted by atomic mass is 9.75. The molecule has 0 unspecified atom stereocenters. The second-order valence-electron chi connectivity index (χ2n) is 5.47. The Kier molecular flexibility index (Phi) is 3.44. The van der Waals surface area contributed by atoms with Gasteiger partial charge in [-0.3, -0.25) is 9.69 Å². The molecular formula is C15H21NO2. The van der Waals surface area contributed by atoms with Crippen LogP contribution < -0.4 is 0 Å². The second-order valence-corrected chi connectivity index (χ2v) is 5.47. The quantitative estimate of drug-likeness (QED) is 0.873. The van der Waals surface area contributed by atoms with Gasteiger partial charge >= 0.3 is 0 Å². The molecule has 0 spiro atoms. The number of aryl methyl sites for hydroxylation is 1. The minimum absolute atomic E-state index is 0.112. The Morgan fingerprint density at radius 2 is 1.83 bits per heavy atom. The van der Waals surface area contributed by atoms with E-state index < -0.39 is 0 Å². The minimum Gasteiger partial charge on any atom is -0.508 e. The number of phenolic OH excluding ortho intramolecular Hbond substituents is 1. The zero-order valence-corrected chi connectivity index (χ0v) is 11.4. The van der Waals surface area contributed by atoms with Gasteiger partial charge in [0.15, 0.2) is 0 Å². The summed E-state index contributed by atoms with van der Waals surface area (Å²) in [6.45, 7) is 1.89. The topological polar surface area (TPSA) is 40.5 Å². The molecule has 3 heteroatoms. The van der Waals surface area contributed by atoms with Crippen molar-refractivity contribution in [3.63, 3.8) is 0 Å². The highest BCUT2D eigenvalue weighted by Gasteiger charge is 2.38. The highest BCUT2D eigenvalue weighted by molar-refractivity contribution is 5.79. The fourth-order valence-electron chi connectivity index (χ4n) is 2.84. The SMILES string of the molecule is Cc1ccc(C2(N(C)C)CCC(=O)CC2)cc1O. The van der Waals surface area contributed by atoms with E-state index in [4.69, 9.17) is 0 Å². The summed E-state index contributed by atoms with van der Waals surface area (Å²) in [6.07, 6.45) is 2.93. The fraction of sp³-hybridized carbons (Fsp3) is 0.533. The van der Waals surface area contributed by atoms with Gasteiger partial charge in [-0.1, -0.05) is 12.1 Å². The maximum Gasteiger partial charge on any atom is 0.133 e. The van der Waals surface area contributed by atoms with E-state index in [0.29, 0.717) is 24.4 Å². The van der Waals surface area contributed by atoms with Crippen LogP contribution in [0.2, 0.25) is 0 Å². The van der Waals surface area contributed by atoms with Crippen LogP contribution in [0.25, 0.3) is 0 Å². The standard InChI is InChI=1S/C15H21NO2/c1-11-4-5-12(10-14(11)18)15(16(2)3)8-6-13(17)7-9-15/h4-5,10,18H,6-9H2,1-3H3. The molecule has 1 saturated carbocycles. The Morgan fingerprint density at radius 3 is 2.33 bits per heavy atom. The minimum atomic E-state index is -0.112. The summed E-state index contributed by atoms with van der Waals surface area (Å²) >= 11 is 0. The van der Waals surface area contributed by atoms with E-state index in [-0.39, 0.29) is 5.54 Å². The van der Waals surface area contributed by atoms with Crippen molar-refractivity contribution in [1.29, 1.82) is 0 Å². The average molecular weight is 247 g/mol. The smallest absolute Gasteiger partial charge is 0.133 e. The van der Waals surface area contributed by atoms with Gasteiger partial charge in [0.25, 0.3) is 0 Å². The Balaban J connectivity index is 2.41. The number of ketones is 1. The summed E-state index contributed by atoms with van der Waals surface area (Å²) < 4.78 is 0. The Hall–Kier alpha value is -1.35. The van der Waals surface area contributed by atoms with Gasteiger partial charge in [0.1, 0.15) is 11.5 Å². The summed E-state index contributed by atoms with van der Waals surface area (Å²) in [5.74, 6) is 0.689. The van der Waals surface area contributed by atoms with E-state index in [9.17, 15) is 9.90 Å². The number of benzene rings is 1. The van der Waals surface area contributed by atoms with Gasteiger partial charge in [-0.15, -0.1) is 0 Å². The first-order valence-corrected chi connectivity index (χ1v) is 6.45. The summed E-state index contributed by atoms with van der Waals surface area (Å²) in [5.41, 5.74) is 1.89. The van der Waals surface area contributed by atoms with Crippen molar-refractivity contribution in [3.05, 3.63) is 29.3 Å². The van der Waals surface area contributed by atoms with Crippen molar-refractivity contribution in [2.24, 2.45) is 0 Å². The average Bonchev–Trinajstić information content (AvgIpc) is 2.34. The molecule has 2 rings (SSSR count). The van der Waals surface area contributed by atoms with Crippen LogP contribution in [0.15, 0.2) is 18.2 Å². The van der Waals surface area contributed by atoms with E-state index in [1.54, 1.807) is 0 Å². The molecule has 0 atom stereocenters. The van der Waals surface area contributed by atoms with Crippen molar-refractivity contribution >= 4 is 5.78 Å². The largest absolute Gasteiger partial charge is 0.508 e. The Labute approximate surface area is 108 Å². The first kappa shape index (κ1) is 13.1. The molecule has 0 bridgehead atoms. The monoisotopic (exact) mass is 247 g/mol. The van der Waals surface area contributed by atoms with Gasteiger partial charge in [0, 0.05) is 18.4 Å². The summed E-state index contributed by atoms with van der Waals surface area (Å²) in [5, 5.41) is 9.89. The molecule has 0 aliphatic heterocycles. The van der Waals surface area contributed by atoms with Gasteiger partial charge in [0.05, 0.1) is 0 Å². The molecule has 0 saturated heterocycles. The number of Topliss-reactive ketones (excluding diaryl/α,β-unsaturated/α-hetero) is 1. The molecule has 0 amide bonds. The summed E-state index contributed by atoms with van der Waals surface area (Å²) in [6, 6.07) is 5.88. The van der Waals surface area contributed by atoms with Crippen LogP contribution in [0.1, 0.15) is 36.8 Å². The number of phenols is 1. The molecule has 1 aromatic rings. The molecule has 0 heterocycles. The number of nitrogens with zero attached hydrogens (tertiary/aromatic N) is 1. The first-order valence-electron chi connectivity index (χ1n) is 6.45. The maximum atomic E-state index is 11.5. The molecule has 0 aromatic heterocycles. The zero-order chi connectivity index (χ0) is 13.3. The van der Waals surface area contributed by atoms with Crippen LogP contribution in [0.5, 0.6) is 5.75 Å². The van der Waals surface area contributed by atoms with Gasteiger partial charge < -0.3 is 5.11 Å². The molecule has 18 heavy (non-hydrogen) atoms. The lowest BCUT2D eigenvalue weighted by Gasteiger charge is -2.43. The van der Waals surface area contributed by atoms with Gasteiger partial charge in [-0.2, -0.15) is 0 Å². The number of rotatable bonds is 2. The van der Waals surface area contributed by atoms with Crippen LogP contribution in [-0.4, -0.2) is 29.9 Å². The Bertz CT molecular complexity index is 456. The molecule has 1 aliphatic carbocycles. The van der Waals surface area contributed by atoms with Crippen molar-refractivity contribution in [2.75, 3.05) is 14.1 Å². The number of carbonyl (C=O) groups is 1. The number of aromatic hydroxyl groups is 1. The van der Waals surface area contributed by atoms with Crippen LogP contribution in [0, 0.1) is 6.92 Å². The van der Waals surface area contributed by atoms with E-state index >= 15 is 0 Å². The van der Waals surface area contributed by atoms with Gasteiger partial charge in [0.2, 0.25) is 0 Å². The van der Waals surface area contributed by atoms with Gasteiger partial charge in [-0.25, -0.2) is 0 Å². The lowest BCUT2D eigenvalue weighted by molar-refractivity contribution is -0.122. The van der Waals surface area contributed by atoms with Crippen molar-refractivity contribution in [1.82, 2.24) is 4.90 Å². The first-order chi connectivity index (χ1) is 8.45. The summed E-state index contributed by atoms with van der Waals surface area (Å²) in [7, 11) is 4.10. The predicted octanol–water partition coefficient (Wildman–Crippen LogP) is 2.60. The number of hydrogen-bond acceptors (Lipinski definition) is 3. The van der Waals surface area contributed by atoms with Crippen LogP contribution in [0.3, 0.4) is 0 Å². The fourth-order valence-corrected chi connectivity index (χ4v) is 2.84. The van der Waals surface area contributed by atoms with Crippen molar-refractivity contribution < 1.29 is 9.90 Å². The molecule has 1 fully saturated rings. The highest BCUT2D eigenvalue weighted by Crippen LogP contribution is 2.41. The zero-order valence-electron chi connectivity index (χ0n) is 11.4. The van der Waals surface area contributed by atoms with E-state index in [1.165, 1.54) is 0 Å². The number of hydrogen-bond donors (Lipinski definition) is 1. The highest BCUT2D eigenvalue weighted by atomic mass is 16.3. The van der Waals surface area contributed by atoms with Crippen LogP contribution in [-0.2, 0) is 10.3 Å². The Morgan fingerprint density at radius 1 is 1.22 bits per heavy atom. The molecule has 98 valence electrons. The van der Waals surface area contributed by atoms with Crippen molar-refractivity contribution in [2.45, 2.75) is 38.1 Å². The molecular weight excluding hydrogens is 226 g/mol. The van der Waals surface area contributed by atoms with E-state index in [0.717, 1.165) is 24.0 Å². The van der Waals surface area contributed by atoms with Crippen molar-refractivity contribution in [3.8, 4) is 5.75 Å². The maximum absolute atomic E-state index is 11.5. The molecule has 0 radical (unpaired) electrons. The molecule has 1 aromatic carbocycles. The number of carbonyl (C=O) groups excluding carboxylic acids is 1. The third kappa shape index (κ3) is 2.15. The summed E-state index contributed by atoms with van der Waals surface area (Å²) in [4.78, 5) is 13.6. The molecule has 3 nitrogen and oxygen atoms in total. The van der Waals surface area contributed by atoms with Crippen LogP contribution >= 0.6 is 0 Å². The van der Waals surface area contributed by atoms with E-state index in [2.05, 4.69) is 11.0 Å². The molecule has 1 aliphatic rings. The third-order valence-corrected chi connectivity index (χ3v) is 4.24. The van der Waals surface area contributed by atoms with Gasteiger partial charge in [-0.05, 0) is 51.1 Å². The normalized spacial score (nSPS) is 19.2. The van der Waals surface area contributed by atoms with E-state index in [1.807, 2.05) is 33.2 Å². The lowest BCUT2D eigenvalue weighted by Crippen LogP contribution is -2.44. The predicted molar refractivity (Wildman–Crippen MR) is 71.7 cm³/mol.